The molecular formula is C23H28N4O3. The molecule has 0 unspecified atom stereocenters. The van der Waals surface area contributed by atoms with Gasteiger partial charge in [0.1, 0.15) is 12.1 Å². The molecule has 158 valence electrons. The van der Waals surface area contributed by atoms with Gasteiger partial charge in [-0.1, -0.05) is 12.5 Å². The number of anilines is 1. The van der Waals surface area contributed by atoms with Crippen molar-refractivity contribution in [2.24, 2.45) is 0 Å². The van der Waals surface area contributed by atoms with Crippen LogP contribution in [-0.4, -0.2) is 48.2 Å². The van der Waals surface area contributed by atoms with E-state index in [0.717, 1.165) is 23.9 Å². The van der Waals surface area contributed by atoms with Crippen molar-refractivity contribution in [3.05, 3.63) is 42.7 Å². The van der Waals surface area contributed by atoms with Gasteiger partial charge in [-0.2, -0.15) is 0 Å². The Kier molecular flexibility index (Phi) is 6.49. The maximum Gasteiger partial charge on any atom is 0.230 e. The molecule has 0 bridgehead atoms. The number of nitrogen functional groups attached to an aromatic ring is 1. The average Bonchev–Trinajstić information content (AvgIpc) is 2.77. The van der Waals surface area contributed by atoms with Crippen LogP contribution in [0.3, 0.4) is 0 Å². The molecule has 0 atom stereocenters. The summed E-state index contributed by atoms with van der Waals surface area (Å²) in [5.74, 6) is 2.38. The summed E-state index contributed by atoms with van der Waals surface area (Å²) < 4.78 is 17.6. The van der Waals surface area contributed by atoms with Gasteiger partial charge in [0.25, 0.3) is 0 Å². The Hall–Kier alpha value is -3.06. The number of methoxy groups -OCH3 is 1. The normalized spacial score (nSPS) is 14.6. The molecule has 0 spiro atoms. The molecule has 2 aromatic carbocycles. The van der Waals surface area contributed by atoms with Gasteiger partial charge in [0.05, 0.1) is 24.6 Å². The lowest BCUT2D eigenvalue weighted by Gasteiger charge is -2.26. The SMILES string of the molecule is COc1cc2ncnc(Oc3cccc(N)c3)c2cc1OCCCN1CCCCC1. The molecule has 0 saturated carbocycles. The van der Waals surface area contributed by atoms with Crippen LogP contribution in [0.5, 0.6) is 23.1 Å². The quantitative estimate of drug-likeness (QED) is 0.440. The number of hydrogen-bond acceptors (Lipinski definition) is 7. The topological polar surface area (TPSA) is 82.7 Å². The highest BCUT2D eigenvalue weighted by molar-refractivity contribution is 5.87. The molecule has 7 nitrogen and oxygen atoms in total. The first kappa shape index (κ1) is 20.2. The fourth-order valence-corrected chi connectivity index (χ4v) is 3.74. The third-order valence-corrected chi connectivity index (χ3v) is 5.28. The van der Waals surface area contributed by atoms with Crippen LogP contribution >= 0.6 is 0 Å². The molecule has 1 aliphatic rings. The summed E-state index contributed by atoms with van der Waals surface area (Å²) in [6.07, 6.45) is 6.40. The number of ether oxygens (including phenoxy) is 3. The van der Waals surface area contributed by atoms with E-state index in [1.54, 1.807) is 13.2 Å². The molecule has 7 heteroatoms. The van der Waals surface area contributed by atoms with Crippen molar-refractivity contribution >= 4 is 16.6 Å². The minimum Gasteiger partial charge on any atom is -0.493 e. The summed E-state index contributed by atoms with van der Waals surface area (Å²) >= 11 is 0. The zero-order valence-electron chi connectivity index (χ0n) is 17.3. The minimum atomic E-state index is 0.450. The van der Waals surface area contributed by atoms with Crippen LogP contribution < -0.4 is 19.9 Å². The molecule has 0 amide bonds. The molecule has 30 heavy (non-hydrogen) atoms. The number of aromatic nitrogens is 2. The summed E-state index contributed by atoms with van der Waals surface area (Å²) in [6.45, 7) is 4.07. The number of fused-ring (bicyclic) bond motifs is 1. The van der Waals surface area contributed by atoms with Crippen LogP contribution in [0.15, 0.2) is 42.7 Å². The fraction of sp³-hybridized carbons (Fsp3) is 0.391. The van der Waals surface area contributed by atoms with E-state index in [2.05, 4.69) is 14.9 Å². The van der Waals surface area contributed by atoms with Crippen molar-refractivity contribution in [1.82, 2.24) is 14.9 Å². The molecule has 0 radical (unpaired) electrons. The number of likely N-dealkylation sites (tertiary alicyclic amines) is 1. The van der Waals surface area contributed by atoms with Crippen molar-refractivity contribution in [2.75, 3.05) is 39.1 Å². The van der Waals surface area contributed by atoms with E-state index in [9.17, 15) is 0 Å². The highest BCUT2D eigenvalue weighted by Crippen LogP contribution is 2.36. The summed E-state index contributed by atoms with van der Waals surface area (Å²) in [5.41, 5.74) is 7.21. The highest BCUT2D eigenvalue weighted by Gasteiger charge is 2.14. The largest absolute Gasteiger partial charge is 0.493 e. The van der Waals surface area contributed by atoms with Gasteiger partial charge in [-0.3, -0.25) is 0 Å². The third kappa shape index (κ3) is 4.91. The number of hydrogen-bond donors (Lipinski definition) is 1. The molecule has 2 N–H and O–H groups in total. The molecule has 1 saturated heterocycles. The second kappa shape index (κ2) is 9.63. The monoisotopic (exact) mass is 408 g/mol. The molecule has 1 aromatic heterocycles. The fourth-order valence-electron chi connectivity index (χ4n) is 3.74. The van der Waals surface area contributed by atoms with E-state index in [0.29, 0.717) is 35.4 Å². The van der Waals surface area contributed by atoms with E-state index in [1.807, 2.05) is 30.3 Å². The molecule has 0 aliphatic carbocycles. The molecule has 4 rings (SSSR count). The molecule has 2 heterocycles. The molecule has 3 aromatic rings. The molecule has 1 aliphatic heterocycles. The third-order valence-electron chi connectivity index (χ3n) is 5.28. The standard InChI is InChI=1S/C23H28N4O3/c1-28-21-15-20-19(14-22(21)29-12-6-11-27-9-3-2-4-10-27)23(26-16-25-20)30-18-8-5-7-17(24)13-18/h5,7-8,13-16H,2-4,6,9-12,24H2,1H3. The maximum absolute atomic E-state index is 6.07. The van der Waals surface area contributed by atoms with E-state index >= 15 is 0 Å². The van der Waals surface area contributed by atoms with Gasteiger partial charge >= 0.3 is 0 Å². The van der Waals surface area contributed by atoms with Crippen molar-refractivity contribution in [3.8, 4) is 23.1 Å². The summed E-state index contributed by atoms with van der Waals surface area (Å²) in [4.78, 5) is 11.2. The Morgan fingerprint density at radius 2 is 1.90 bits per heavy atom. The maximum atomic E-state index is 6.07. The Bertz CT molecular complexity index is 989. The lowest BCUT2D eigenvalue weighted by Crippen LogP contribution is -2.31. The number of piperidine rings is 1. The molecular weight excluding hydrogens is 380 g/mol. The number of nitrogens with zero attached hydrogens (tertiary/aromatic N) is 3. The second-order valence-electron chi connectivity index (χ2n) is 7.48. The van der Waals surface area contributed by atoms with Crippen molar-refractivity contribution in [2.45, 2.75) is 25.7 Å². The zero-order chi connectivity index (χ0) is 20.8. The predicted octanol–water partition coefficient (Wildman–Crippen LogP) is 4.27. The summed E-state index contributed by atoms with van der Waals surface area (Å²) in [5, 5.41) is 0.756. The summed E-state index contributed by atoms with van der Waals surface area (Å²) in [7, 11) is 1.63. The van der Waals surface area contributed by atoms with Gasteiger partial charge in [-0.05, 0) is 50.6 Å². The van der Waals surface area contributed by atoms with E-state index in [-0.39, 0.29) is 0 Å². The van der Waals surface area contributed by atoms with E-state index in [1.165, 1.54) is 38.7 Å². The predicted molar refractivity (Wildman–Crippen MR) is 117 cm³/mol. The number of rotatable bonds is 8. The number of nitrogens with two attached hydrogens (primary N) is 1. The first-order chi connectivity index (χ1) is 14.7. The van der Waals surface area contributed by atoms with Gasteiger partial charge in [0, 0.05) is 24.4 Å². The zero-order valence-corrected chi connectivity index (χ0v) is 17.3. The van der Waals surface area contributed by atoms with Crippen LogP contribution in [0.1, 0.15) is 25.7 Å². The van der Waals surface area contributed by atoms with Gasteiger partial charge in [0.2, 0.25) is 5.88 Å². The van der Waals surface area contributed by atoms with Crippen LogP contribution in [-0.2, 0) is 0 Å². The first-order valence-electron chi connectivity index (χ1n) is 10.4. The van der Waals surface area contributed by atoms with Crippen LogP contribution in [0.25, 0.3) is 10.9 Å². The second-order valence-corrected chi connectivity index (χ2v) is 7.48. The van der Waals surface area contributed by atoms with Crippen molar-refractivity contribution in [3.63, 3.8) is 0 Å². The first-order valence-corrected chi connectivity index (χ1v) is 10.4. The van der Waals surface area contributed by atoms with Crippen LogP contribution in [0.2, 0.25) is 0 Å². The van der Waals surface area contributed by atoms with Gasteiger partial charge < -0.3 is 24.8 Å². The van der Waals surface area contributed by atoms with Crippen molar-refractivity contribution in [1.29, 1.82) is 0 Å². The Morgan fingerprint density at radius 3 is 2.70 bits per heavy atom. The van der Waals surface area contributed by atoms with Gasteiger partial charge in [-0.25, -0.2) is 9.97 Å². The van der Waals surface area contributed by atoms with Crippen LogP contribution in [0, 0.1) is 0 Å². The van der Waals surface area contributed by atoms with Crippen molar-refractivity contribution < 1.29 is 14.2 Å². The van der Waals surface area contributed by atoms with Gasteiger partial charge in [-0.15, -0.1) is 0 Å². The lowest BCUT2D eigenvalue weighted by atomic mass is 10.1. The lowest BCUT2D eigenvalue weighted by molar-refractivity contribution is 0.203. The Labute approximate surface area is 176 Å². The van der Waals surface area contributed by atoms with E-state index < -0.39 is 0 Å². The smallest absolute Gasteiger partial charge is 0.230 e. The average molecular weight is 409 g/mol. The Morgan fingerprint density at radius 1 is 1.03 bits per heavy atom. The minimum absolute atomic E-state index is 0.450. The van der Waals surface area contributed by atoms with Gasteiger partial charge in [0.15, 0.2) is 11.5 Å². The van der Waals surface area contributed by atoms with E-state index in [4.69, 9.17) is 19.9 Å². The summed E-state index contributed by atoms with van der Waals surface area (Å²) in [6, 6.07) is 11.0. The Balaban J connectivity index is 1.50. The highest BCUT2D eigenvalue weighted by atomic mass is 16.5. The molecule has 1 fully saturated rings. The van der Waals surface area contributed by atoms with Crippen LogP contribution in [0.4, 0.5) is 5.69 Å². The number of benzene rings is 2.